The Hall–Kier alpha value is -1.99. The third-order valence-corrected chi connectivity index (χ3v) is 3.41. The molecule has 0 saturated carbocycles. The Morgan fingerprint density at radius 1 is 1.20 bits per heavy atom. The molecule has 1 radical (unpaired) electrons. The second-order valence-electron chi connectivity index (χ2n) is 4.94. The third-order valence-electron chi connectivity index (χ3n) is 3.41. The molecule has 0 bridgehead atoms. The Balaban J connectivity index is 0.00000312. The van der Waals surface area contributed by atoms with Crippen molar-refractivity contribution in [3.8, 4) is 11.5 Å². The molecule has 2 rings (SSSR count). The van der Waals surface area contributed by atoms with Gasteiger partial charge in [0.25, 0.3) is 5.69 Å². The maximum absolute atomic E-state index is 11.3. The molecule has 0 aromatic heterocycles. The second kappa shape index (κ2) is 10.1. The van der Waals surface area contributed by atoms with E-state index in [4.69, 9.17) is 9.47 Å². The number of carbonyl (C=O) groups excluding carboxylic acids is 1. The molecule has 2 aromatic carbocycles. The first-order valence-corrected chi connectivity index (χ1v) is 7.12. The van der Waals surface area contributed by atoms with Crippen LogP contribution in [0.4, 0.5) is 5.69 Å². The predicted molar refractivity (Wildman–Crippen MR) is 85.6 cm³/mol. The van der Waals surface area contributed by atoms with E-state index in [-0.39, 0.29) is 56.3 Å². The topological polar surface area (TPSA) is 87.9 Å². The van der Waals surface area contributed by atoms with Crippen molar-refractivity contribution < 1.29 is 56.6 Å². The Morgan fingerprint density at radius 3 is 2.44 bits per heavy atom. The van der Waals surface area contributed by atoms with Crippen molar-refractivity contribution in [3.63, 3.8) is 0 Å². The fourth-order valence-electron chi connectivity index (χ4n) is 2.19. The van der Waals surface area contributed by atoms with Crippen LogP contribution in [-0.2, 0) is 48.8 Å². The standard InChI is InChI=1S/C17H16NO6.Y/c1-12(24-11-19)14-8-16(22-2)17(9-15(14)18(20)21)23-10-13-6-4-3-5-7-13;/h3-9,12H,10H2,1-2H3;/q-1;. The summed E-state index contributed by atoms with van der Waals surface area (Å²) in [6, 6.07) is 12.1. The minimum atomic E-state index is -0.833. The summed E-state index contributed by atoms with van der Waals surface area (Å²) >= 11 is 0. The van der Waals surface area contributed by atoms with Crippen molar-refractivity contribution in [3.05, 3.63) is 63.7 Å². The zero-order chi connectivity index (χ0) is 17.5. The quantitative estimate of drug-likeness (QED) is 0.371. The van der Waals surface area contributed by atoms with Gasteiger partial charge >= 0.3 is 0 Å². The van der Waals surface area contributed by atoms with Crippen molar-refractivity contribution in [1.82, 2.24) is 0 Å². The number of hydrogen-bond acceptors (Lipinski definition) is 6. The number of nitro benzene ring substituents is 1. The van der Waals surface area contributed by atoms with E-state index in [1.165, 1.54) is 32.6 Å². The largest absolute Gasteiger partial charge is 0.648 e. The molecule has 0 aliphatic carbocycles. The van der Waals surface area contributed by atoms with Gasteiger partial charge in [0.15, 0.2) is 11.5 Å². The van der Waals surface area contributed by atoms with Gasteiger partial charge in [-0.05, 0) is 18.6 Å². The number of ether oxygens (including phenoxy) is 3. The van der Waals surface area contributed by atoms with Gasteiger partial charge in [0.05, 0.1) is 29.8 Å². The van der Waals surface area contributed by atoms with E-state index in [0.29, 0.717) is 5.75 Å². The van der Waals surface area contributed by atoms with Gasteiger partial charge in [-0.3, -0.25) is 10.1 Å². The molecule has 0 N–H and O–H groups in total. The van der Waals surface area contributed by atoms with Crippen LogP contribution in [0.15, 0.2) is 42.5 Å². The number of benzene rings is 2. The molecule has 2 aromatic rings. The van der Waals surface area contributed by atoms with Crippen molar-refractivity contribution in [2.75, 3.05) is 7.11 Å². The van der Waals surface area contributed by atoms with Crippen LogP contribution in [0.1, 0.15) is 24.2 Å². The van der Waals surface area contributed by atoms with Crippen LogP contribution in [0.3, 0.4) is 0 Å². The van der Waals surface area contributed by atoms with Crippen LogP contribution in [0.2, 0.25) is 0 Å². The molecular weight excluding hydrogens is 403 g/mol. The summed E-state index contributed by atoms with van der Waals surface area (Å²) in [6.07, 6.45) is -0.833. The van der Waals surface area contributed by atoms with Crippen LogP contribution in [0, 0.1) is 10.1 Å². The van der Waals surface area contributed by atoms with Crippen LogP contribution in [0.25, 0.3) is 0 Å². The average Bonchev–Trinajstić information content (AvgIpc) is 2.60. The van der Waals surface area contributed by atoms with Crippen molar-refractivity contribution >= 4 is 12.2 Å². The first-order chi connectivity index (χ1) is 11.6. The summed E-state index contributed by atoms with van der Waals surface area (Å²) in [5.41, 5.74) is 0.896. The van der Waals surface area contributed by atoms with Crippen LogP contribution >= 0.6 is 0 Å². The van der Waals surface area contributed by atoms with Gasteiger partial charge in [-0.1, -0.05) is 36.8 Å². The van der Waals surface area contributed by atoms with Gasteiger partial charge in [0, 0.05) is 32.7 Å². The monoisotopic (exact) mass is 419 g/mol. The van der Waals surface area contributed by atoms with E-state index < -0.39 is 11.0 Å². The zero-order valence-electron chi connectivity index (χ0n) is 13.8. The third kappa shape index (κ3) is 5.51. The van der Waals surface area contributed by atoms with E-state index >= 15 is 0 Å². The molecule has 0 amide bonds. The van der Waals surface area contributed by atoms with Crippen LogP contribution < -0.4 is 9.47 Å². The number of hydrogen-bond donors (Lipinski definition) is 0. The molecule has 8 heteroatoms. The number of nitro groups is 1. The molecule has 0 aliphatic heterocycles. The Morgan fingerprint density at radius 2 is 1.88 bits per heavy atom. The van der Waals surface area contributed by atoms with Gasteiger partial charge in [-0.2, -0.15) is 0 Å². The minimum Gasteiger partial charge on any atom is -0.648 e. The fourth-order valence-corrected chi connectivity index (χ4v) is 2.19. The van der Waals surface area contributed by atoms with E-state index in [9.17, 15) is 14.9 Å². The maximum atomic E-state index is 11.3. The molecule has 0 heterocycles. The molecule has 0 fully saturated rings. The van der Waals surface area contributed by atoms with Gasteiger partial charge in [-0.25, -0.2) is 0 Å². The second-order valence-corrected chi connectivity index (χ2v) is 4.94. The van der Waals surface area contributed by atoms with E-state index in [1.807, 2.05) is 30.3 Å². The van der Waals surface area contributed by atoms with Gasteiger partial charge in [-0.15, -0.1) is 0 Å². The van der Waals surface area contributed by atoms with Crippen LogP contribution in [-0.4, -0.2) is 18.5 Å². The van der Waals surface area contributed by atoms with Crippen LogP contribution in [0.5, 0.6) is 11.5 Å². The SMILES string of the molecule is COc1cc(C(C)O[C-]=O)c([N+](=O)[O-])cc1OCc1ccccc1.[Y]. The summed E-state index contributed by atoms with van der Waals surface area (Å²) < 4.78 is 15.6. The predicted octanol–water partition coefficient (Wildman–Crippen LogP) is 3.32. The Bertz CT molecular complexity index is 723. The van der Waals surface area contributed by atoms with E-state index in [2.05, 4.69) is 4.74 Å². The zero-order valence-corrected chi connectivity index (χ0v) is 16.6. The van der Waals surface area contributed by atoms with E-state index in [1.54, 1.807) is 0 Å². The summed E-state index contributed by atoms with van der Waals surface area (Å²) in [6.45, 7) is 3.04. The Labute approximate surface area is 170 Å². The average molecular weight is 419 g/mol. The van der Waals surface area contributed by atoms with Gasteiger partial charge < -0.3 is 19.0 Å². The normalized spacial score (nSPS) is 11.0. The molecule has 0 spiro atoms. The van der Waals surface area contributed by atoms with Crippen molar-refractivity contribution in [2.45, 2.75) is 19.6 Å². The summed E-state index contributed by atoms with van der Waals surface area (Å²) in [5, 5.41) is 11.3. The first kappa shape index (κ1) is 21.1. The van der Waals surface area contributed by atoms with Crippen molar-refractivity contribution in [2.24, 2.45) is 0 Å². The summed E-state index contributed by atoms with van der Waals surface area (Å²) in [7, 11) is 1.43. The number of rotatable bonds is 8. The van der Waals surface area contributed by atoms with Crippen molar-refractivity contribution in [1.29, 1.82) is 0 Å². The van der Waals surface area contributed by atoms with Gasteiger partial charge in [0.2, 0.25) is 0 Å². The molecule has 0 saturated heterocycles. The fraction of sp³-hybridized carbons (Fsp3) is 0.235. The molecule has 0 aliphatic rings. The molecule has 1 unspecified atom stereocenters. The van der Waals surface area contributed by atoms with E-state index in [0.717, 1.165) is 5.56 Å². The number of nitrogens with zero attached hydrogens (tertiary/aromatic N) is 1. The molecule has 129 valence electrons. The summed E-state index contributed by atoms with van der Waals surface area (Å²) in [4.78, 5) is 21.1. The molecule has 25 heavy (non-hydrogen) atoms. The number of methoxy groups -OCH3 is 1. The Kier molecular flexibility index (Phi) is 8.51. The molecular formula is C17H16NO6Y-. The smallest absolute Gasteiger partial charge is 0.280 e. The maximum Gasteiger partial charge on any atom is 0.280 e. The van der Waals surface area contributed by atoms with Gasteiger partial charge in [0.1, 0.15) is 6.61 Å². The molecule has 1 atom stereocenters. The first-order valence-electron chi connectivity index (χ1n) is 7.12. The molecule has 7 nitrogen and oxygen atoms in total. The minimum absolute atomic E-state index is 0. The summed E-state index contributed by atoms with van der Waals surface area (Å²) in [5.74, 6) is 0.548.